The van der Waals surface area contributed by atoms with Crippen molar-refractivity contribution in [1.82, 2.24) is 0 Å². The van der Waals surface area contributed by atoms with Gasteiger partial charge in [0.15, 0.2) is 0 Å². The summed E-state index contributed by atoms with van der Waals surface area (Å²) in [5.74, 6) is -30.3. The molecular weight excluding hydrogens is 386 g/mol. The lowest BCUT2D eigenvalue weighted by Gasteiger charge is -2.40. The lowest BCUT2D eigenvalue weighted by molar-refractivity contribution is -0.433. The van der Waals surface area contributed by atoms with Gasteiger partial charge in [-0.1, -0.05) is 0 Å². The summed E-state index contributed by atoms with van der Waals surface area (Å²) in [6.07, 6.45) is -7.37. The zero-order chi connectivity index (χ0) is 19.5. The zero-order valence-electron chi connectivity index (χ0n) is 11.4. The van der Waals surface area contributed by atoms with Crippen LogP contribution in [0.3, 0.4) is 0 Å². The minimum Gasteiger partial charge on any atom is -0.192 e. The third kappa shape index (κ3) is 2.86. The molecule has 140 valence electrons. The Hall–Kier alpha value is -0.480. The Morgan fingerprint density at radius 2 is 0.696 bits per heavy atom. The van der Waals surface area contributed by atoms with Crippen molar-refractivity contribution < 1.29 is 57.1 Å². The van der Waals surface area contributed by atoms with Crippen molar-refractivity contribution in [1.29, 1.82) is 0 Å². The van der Waals surface area contributed by atoms with Crippen LogP contribution in [0.1, 0.15) is 0 Å². The molecule has 14 heteroatoms. The Morgan fingerprint density at radius 3 is 0.913 bits per heavy atom. The molecule has 0 amide bonds. The van der Waals surface area contributed by atoms with E-state index in [0.717, 1.165) is 0 Å². The first-order chi connectivity index (χ1) is 9.50. The van der Waals surface area contributed by atoms with Gasteiger partial charge < -0.3 is 0 Å². The molecule has 0 aromatic rings. The van der Waals surface area contributed by atoms with Gasteiger partial charge in [-0.25, -0.2) is 0 Å². The van der Waals surface area contributed by atoms with E-state index in [1.54, 1.807) is 0 Å². The van der Waals surface area contributed by atoms with Crippen molar-refractivity contribution in [3.05, 3.63) is 0 Å². The molecule has 0 spiro atoms. The molecule has 0 radical (unpaired) electrons. The second kappa shape index (κ2) is 5.26. The Labute approximate surface area is 121 Å². The number of rotatable bonds is 5. The summed E-state index contributed by atoms with van der Waals surface area (Å²) < 4.78 is 166. The smallest absolute Gasteiger partial charge is 0.192 e. The SMILES string of the molecule is C[P+](C)(C)C(F)(F)C(F)(F)C(F)(F)C(F)(F)C(F)(F)C(F)(F)F. The summed E-state index contributed by atoms with van der Waals surface area (Å²) in [5.41, 5.74) is -5.94. The van der Waals surface area contributed by atoms with Crippen LogP contribution in [0.15, 0.2) is 0 Å². The summed E-state index contributed by atoms with van der Waals surface area (Å²) in [4.78, 5) is 0. The molecule has 0 unspecified atom stereocenters. The van der Waals surface area contributed by atoms with E-state index >= 15 is 0 Å². The number of hydrogen-bond acceptors (Lipinski definition) is 0. The highest BCUT2D eigenvalue weighted by Crippen LogP contribution is 2.72. The van der Waals surface area contributed by atoms with E-state index in [0.29, 0.717) is 0 Å². The summed E-state index contributed by atoms with van der Waals surface area (Å²) >= 11 is 0. The van der Waals surface area contributed by atoms with Crippen molar-refractivity contribution in [2.75, 3.05) is 20.0 Å². The highest BCUT2D eigenvalue weighted by molar-refractivity contribution is 7.74. The van der Waals surface area contributed by atoms with E-state index in [2.05, 4.69) is 0 Å². The average molecular weight is 395 g/mol. The maximum absolute atomic E-state index is 13.4. The van der Waals surface area contributed by atoms with Gasteiger partial charge in [0.1, 0.15) is 0 Å². The normalized spacial score (nSPS) is 16.7. The van der Waals surface area contributed by atoms with Gasteiger partial charge in [0, 0.05) is 0 Å². The van der Waals surface area contributed by atoms with Gasteiger partial charge >= 0.3 is 35.5 Å². The second-order valence-electron chi connectivity index (χ2n) is 5.35. The summed E-state index contributed by atoms with van der Waals surface area (Å²) in [6.45, 7) is 0.866. The molecule has 0 fully saturated rings. The maximum Gasteiger partial charge on any atom is 0.460 e. The van der Waals surface area contributed by atoms with Crippen LogP contribution >= 0.6 is 7.26 Å². The van der Waals surface area contributed by atoms with Gasteiger partial charge in [-0.05, 0) is 0 Å². The Bertz CT molecular complexity index is 401. The van der Waals surface area contributed by atoms with E-state index in [9.17, 15) is 57.1 Å². The minimum atomic E-state index is -7.82. The van der Waals surface area contributed by atoms with Gasteiger partial charge in [0.05, 0.1) is 27.3 Å². The van der Waals surface area contributed by atoms with Gasteiger partial charge in [-0.15, -0.1) is 0 Å². The topological polar surface area (TPSA) is 0 Å². The monoisotopic (exact) mass is 395 g/mol. The molecule has 0 aliphatic heterocycles. The predicted octanol–water partition coefficient (Wildman–Crippen LogP) is 5.59. The molecule has 0 aromatic carbocycles. The Balaban J connectivity index is 6.37. The second-order valence-corrected chi connectivity index (χ2v) is 9.94. The Kier molecular flexibility index (Phi) is 5.15. The van der Waals surface area contributed by atoms with Crippen LogP contribution in [-0.4, -0.2) is 55.5 Å². The van der Waals surface area contributed by atoms with Gasteiger partial charge in [0.2, 0.25) is 0 Å². The van der Waals surface area contributed by atoms with Gasteiger partial charge in [-0.2, -0.15) is 57.1 Å². The molecule has 0 heterocycles. The number of halogens is 13. The van der Waals surface area contributed by atoms with Crippen molar-refractivity contribution in [2.24, 2.45) is 0 Å². The molecule has 0 aliphatic carbocycles. The molecule has 0 atom stereocenters. The minimum absolute atomic E-state index is 0.289. The van der Waals surface area contributed by atoms with E-state index in [4.69, 9.17) is 0 Å². The van der Waals surface area contributed by atoms with Crippen LogP contribution in [-0.2, 0) is 0 Å². The van der Waals surface area contributed by atoms with Crippen molar-refractivity contribution >= 4 is 7.26 Å². The van der Waals surface area contributed by atoms with E-state index < -0.39 is 42.8 Å². The molecule has 0 bridgehead atoms. The first kappa shape index (κ1) is 22.5. The van der Waals surface area contributed by atoms with Crippen LogP contribution in [0.4, 0.5) is 57.1 Å². The molecule has 0 saturated heterocycles. The van der Waals surface area contributed by atoms with Crippen LogP contribution < -0.4 is 0 Å². The lowest BCUT2D eigenvalue weighted by Crippen LogP contribution is -2.70. The largest absolute Gasteiger partial charge is 0.460 e. The van der Waals surface area contributed by atoms with E-state index in [1.807, 2.05) is 0 Å². The molecule has 0 nitrogen and oxygen atoms in total. The molecular formula is C9H9F13P+. The molecule has 0 aliphatic rings. The van der Waals surface area contributed by atoms with Crippen LogP contribution in [0.25, 0.3) is 0 Å². The van der Waals surface area contributed by atoms with Crippen LogP contribution in [0, 0.1) is 0 Å². The van der Waals surface area contributed by atoms with Gasteiger partial charge in [0.25, 0.3) is 0 Å². The van der Waals surface area contributed by atoms with E-state index in [1.165, 1.54) is 0 Å². The summed E-state index contributed by atoms with van der Waals surface area (Å²) in [7, 11) is -4.42. The fourth-order valence-corrected chi connectivity index (χ4v) is 2.17. The van der Waals surface area contributed by atoms with Crippen molar-refractivity contribution in [3.63, 3.8) is 0 Å². The number of hydrogen-bond donors (Lipinski definition) is 0. The molecule has 0 aromatic heterocycles. The zero-order valence-corrected chi connectivity index (χ0v) is 12.3. The van der Waals surface area contributed by atoms with E-state index in [-0.39, 0.29) is 20.0 Å². The van der Waals surface area contributed by atoms with Crippen LogP contribution in [0.5, 0.6) is 0 Å². The first-order valence-corrected chi connectivity index (χ1v) is 8.40. The fraction of sp³-hybridized carbons (Fsp3) is 1.00. The average Bonchev–Trinajstić information content (AvgIpc) is 2.24. The molecule has 0 saturated carbocycles. The van der Waals surface area contributed by atoms with Crippen molar-refractivity contribution in [2.45, 2.75) is 35.5 Å². The predicted molar refractivity (Wildman–Crippen MR) is 55.5 cm³/mol. The van der Waals surface area contributed by atoms with Crippen LogP contribution in [0.2, 0.25) is 0 Å². The quantitative estimate of drug-likeness (QED) is 0.421. The molecule has 0 rings (SSSR count). The van der Waals surface area contributed by atoms with Crippen molar-refractivity contribution in [3.8, 4) is 0 Å². The third-order valence-corrected chi connectivity index (χ3v) is 4.73. The van der Waals surface area contributed by atoms with Gasteiger partial charge in [-0.3, -0.25) is 0 Å². The third-order valence-electron chi connectivity index (χ3n) is 2.76. The lowest BCUT2D eigenvalue weighted by atomic mass is 9.98. The Morgan fingerprint density at radius 1 is 0.435 bits per heavy atom. The summed E-state index contributed by atoms with van der Waals surface area (Å²) in [5, 5.41) is 0. The highest BCUT2D eigenvalue weighted by atomic mass is 31.2. The summed E-state index contributed by atoms with van der Waals surface area (Å²) in [6, 6.07) is 0. The molecule has 23 heavy (non-hydrogen) atoms. The maximum atomic E-state index is 13.4. The first-order valence-electron chi connectivity index (χ1n) is 5.27. The molecule has 0 N–H and O–H groups in total. The fourth-order valence-electron chi connectivity index (χ4n) is 1.18. The highest BCUT2D eigenvalue weighted by Gasteiger charge is 2.93. The standard InChI is InChI=1S/C9H9F13P/c1-23(2,3)9(21,22)7(16,17)5(12,13)4(10,11)6(14,15)8(18,19)20/h1-3H3/q+1. The number of alkyl halides is 13.